The van der Waals surface area contributed by atoms with Crippen molar-refractivity contribution in [2.45, 2.75) is 19.3 Å². The Kier molecular flexibility index (Phi) is 2.22. The Labute approximate surface area is 111 Å². The van der Waals surface area contributed by atoms with Gasteiger partial charge in [-0.2, -0.15) is 0 Å². The maximum absolute atomic E-state index is 12.7. The van der Waals surface area contributed by atoms with Gasteiger partial charge in [0.2, 0.25) is 0 Å². The van der Waals surface area contributed by atoms with E-state index in [0.29, 0.717) is 0 Å². The van der Waals surface area contributed by atoms with E-state index in [1.54, 1.807) is 0 Å². The average molecular weight is 246 g/mol. The van der Waals surface area contributed by atoms with Crippen LogP contribution >= 0.6 is 0 Å². The summed E-state index contributed by atoms with van der Waals surface area (Å²) in [5, 5.41) is 4.41. The Morgan fingerprint density at radius 2 is 1.16 bits per heavy atom. The Balaban J connectivity index is 2.43. The maximum atomic E-state index is 12.7. The summed E-state index contributed by atoms with van der Waals surface area (Å²) in [5.74, 6) is 0. The van der Waals surface area contributed by atoms with Gasteiger partial charge in [0.15, 0.2) is 5.43 Å². The molecule has 1 aliphatic rings. The molecule has 0 aliphatic heterocycles. The molecule has 0 atom stereocenters. The third-order valence-corrected chi connectivity index (χ3v) is 4.21. The zero-order chi connectivity index (χ0) is 12.8. The zero-order valence-electron chi connectivity index (χ0n) is 10.6. The molecule has 0 aromatic heterocycles. The number of benzene rings is 2. The number of aryl methyl sites for hydroxylation is 1. The molecule has 3 aromatic rings. The van der Waals surface area contributed by atoms with Crippen LogP contribution in [0, 0.1) is 0 Å². The van der Waals surface area contributed by atoms with Crippen molar-refractivity contribution in [3.8, 4) is 0 Å². The van der Waals surface area contributed by atoms with Gasteiger partial charge in [-0.25, -0.2) is 0 Å². The summed E-state index contributed by atoms with van der Waals surface area (Å²) < 4.78 is 0. The summed E-state index contributed by atoms with van der Waals surface area (Å²) >= 11 is 0. The second kappa shape index (κ2) is 3.92. The first-order chi connectivity index (χ1) is 9.36. The number of hydrogen-bond acceptors (Lipinski definition) is 1. The number of rotatable bonds is 0. The van der Waals surface area contributed by atoms with Crippen molar-refractivity contribution in [3.05, 3.63) is 69.9 Å². The summed E-state index contributed by atoms with van der Waals surface area (Å²) in [4.78, 5) is 12.7. The molecule has 0 spiro atoms. The first-order valence-corrected chi connectivity index (χ1v) is 6.82. The van der Waals surface area contributed by atoms with Gasteiger partial charge in [0.1, 0.15) is 0 Å². The van der Waals surface area contributed by atoms with Gasteiger partial charge in [-0.05, 0) is 41.0 Å². The highest BCUT2D eigenvalue weighted by Crippen LogP contribution is 2.30. The SMILES string of the molecule is O=c1c2c(c3ccccc3c3ccccc13)CCC2. The molecule has 0 saturated carbocycles. The van der Waals surface area contributed by atoms with E-state index >= 15 is 0 Å². The highest BCUT2D eigenvalue weighted by atomic mass is 16.1. The lowest BCUT2D eigenvalue weighted by atomic mass is 10.0. The highest BCUT2D eigenvalue weighted by Gasteiger charge is 2.18. The van der Waals surface area contributed by atoms with Crippen molar-refractivity contribution in [3.63, 3.8) is 0 Å². The van der Waals surface area contributed by atoms with E-state index in [-0.39, 0.29) is 5.43 Å². The summed E-state index contributed by atoms with van der Waals surface area (Å²) in [5.41, 5.74) is 2.55. The molecule has 0 saturated heterocycles. The van der Waals surface area contributed by atoms with Gasteiger partial charge >= 0.3 is 0 Å². The van der Waals surface area contributed by atoms with Gasteiger partial charge in [0.25, 0.3) is 0 Å². The standard InChI is InChI=1S/C18H14O/c19-18-16-9-4-3-8-14(16)12-6-1-2-7-13(12)15-10-5-11-17(15)18/h1-4,6-9H,5,10-11H2. The molecule has 0 fully saturated rings. The Morgan fingerprint density at radius 3 is 1.89 bits per heavy atom. The molecule has 1 heteroatoms. The first kappa shape index (κ1) is 10.7. The number of fused-ring (bicyclic) bond motifs is 5. The van der Waals surface area contributed by atoms with Crippen molar-refractivity contribution >= 4 is 21.5 Å². The molecule has 3 aromatic carbocycles. The second-order valence-electron chi connectivity index (χ2n) is 5.23. The summed E-state index contributed by atoms with van der Waals surface area (Å²) in [7, 11) is 0. The third-order valence-electron chi connectivity index (χ3n) is 4.21. The molecule has 19 heavy (non-hydrogen) atoms. The van der Waals surface area contributed by atoms with E-state index in [0.717, 1.165) is 35.6 Å². The topological polar surface area (TPSA) is 17.1 Å². The minimum atomic E-state index is 0.235. The smallest absolute Gasteiger partial charge is 0.189 e. The fourth-order valence-electron chi connectivity index (χ4n) is 3.35. The van der Waals surface area contributed by atoms with Crippen LogP contribution in [-0.2, 0) is 12.8 Å². The second-order valence-corrected chi connectivity index (χ2v) is 5.23. The lowest BCUT2D eigenvalue weighted by molar-refractivity contribution is 0.911. The molecule has 0 unspecified atom stereocenters. The van der Waals surface area contributed by atoms with Crippen molar-refractivity contribution in [2.24, 2.45) is 0 Å². The van der Waals surface area contributed by atoms with Crippen LogP contribution in [0.3, 0.4) is 0 Å². The van der Waals surface area contributed by atoms with Crippen LogP contribution in [0.5, 0.6) is 0 Å². The van der Waals surface area contributed by atoms with Gasteiger partial charge in [0.05, 0.1) is 0 Å². The van der Waals surface area contributed by atoms with Gasteiger partial charge in [-0.1, -0.05) is 48.5 Å². The van der Waals surface area contributed by atoms with E-state index < -0.39 is 0 Å². The molecular formula is C18H14O. The van der Waals surface area contributed by atoms with Crippen LogP contribution in [0.25, 0.3) is 21.5 Å². The van der Waals surface area contributed by atoms with Gasteiger partial charge in [-0.15, -0.1) is 0 Å². The van der Waals surface area contributed by atoms with Crippen LogP contribution in [-0.4, -0.2) is 0 Å². The molecule has 1 nitrogen and oxygen atoms in total. The minimum absolute atomic E-state index is 0.235. The van der Waals surface area contributed by atoms with Crippen LogP contribution < -0.4 is 5.43 Å². The predicted molar refractivity (Wildman–Crippen MR) is 79.7 cm³/mol. The molecule has 0 N–H and O–H groups in total. The van der Waals surface area contributed by atoms with E-state index in [9.17, 15) is 4.79 Å². The highest BCUT2D eigenvalue weighted by molar-refractivity contribution is 6.07. The summed E-state index contributed by atoms with van der Waals surface area (Å²) in [6.07, 6.45) is 3.07. The fourth-order valence-corrected chi connectivity index (χ4v) is 3.35. The van der Waals surface area contributed by atoms with Crippen molar-refractivity contribution < 1.29 is 0 Å². The monoisotopic (exact) mass is 246 g/mol. The van der Waals surface area contributed by atoms with Crippen molar-refractivity contribution in [2.75, 3.05) is 0 Å². The van der Waals surface area contributed by atoms with Crippen molar-refractivity contribution in [1.82, 2.24) is 0 Å². The quantitative estimate of drug-likeness (QED) is 0.589. The molecule has 92 valence electrons. The molecule has 4 rings (SSSR count). The van der Waals surface area contributed by atoms with Crippen LogP contribution in [0.2, 0.25) is 0 Å². The molecule has 0 amide bonds. The maximum Gasteiger partial charge on any atom is 0.189 e. The fraction of sp³-hybridized carbons (Fsp3) is 0.167. The summed E-state index contributed by atoms with van der Waals surface area (Å²) in [6.45, 7) is 0. The van der Waals surface area contributed by atoms with Gasteiger partial charge < -0.3 is 0 Å². The largest absolute Gasteiger partial charge is 0.289 e. The Bertz CT molecular complexity index is 862. The molecule has 1 aliphatic carbocycles. The minimum Gasteiger partial charge on any atom is -0.289 e. The van der Waals surface area contributed by atoms with Crippen molar-refractivity contribution in [1.29, 1.82) is 0 Å². The molecule has 0 heterocycles. The van der Waals surface area contributed by atoms with Crippen LogP contribution in [0.15, 0.2) is 53.3 Å². The first-order valence-electron chi connectivity index (χ1n) is 6.82. The lowest BCUT2D eigenvalue weighted by Gasteiger charge is -1.99. The molecule has 0 radical (unpaired) electrons. The molecule has 0 bridgehead atoms. The number of hydrogen-bond donors (Lipinski definition) is 0. The zero-order valence-corrected chi connectivity index (χ0v) is 10.6. The van der Waals surface area contributed by atoms with E-state index in [2.05, 4.69) is 30.3 Å². The Hall–Kier alpha value is -2.15. The summed E-state index contributed by atoms with van der Waals surface area (Å²) in [6, 6.07) is 16.4. The van der Waals surface area contributed by atoms with Crippen LogP contribution in [0.4, 0.5) is 0 Å². The lowest BCUT2D eigenvalue weighted by Crippen LogP contribution is -2.04. The van der Waals surface area contributed by atoms with Gasteiger partial charge in [0, 0.05) is 10.9 Å². The molecular weight excluding hydrogens is 232 g/mol. The normalized spacial score (nSPS) is 13.9. The average Bonchev–Trinajstić information content (AvgIpc) is 2.92. The third kappa shape index (κ3) is 1.45. The van der Waals surface area contributed by atoms with E-state index in [4.69, 9.17) is 0 Å². The van der Waals surface area contributed by atoms with Crippen LogP contribution in [0.1, 0.15) is 17.5 Å². The van der Waals surface area contributed by atoms with Gasteiger partial charge in [-0.3, -0.25) is 4.79 Å². The predicted octanol–water partition coefficient (Wildman–Crippen LogP) is 3.84. The Morgan fingerprint density at radius 1 is 0.632 bits per heavy atom. The van der Waals surface area contributed by atoms with E-state index in [1.807, 2.05) is 18.2 Å². The van der Waals surface area contributed by atoms with E-state index in [1.165, 1.54) is 16.3 Å².